The molecule has 2 aromatic rings. The highest BCUT2D eigenvalue weighted by molar-refractivity contribution is 7.13. The molecule has 0 amide bonds. The maximum absolute atomic E-state index is 11.1. The Morgan fingerprint density at radius 2 is 2.07 bits per heavy atom. The normalized spacial score (nSPS) is 10.2. The average Bonchev–Trinajstić information content (AvgIpc) is 2.69. The summed E-state index contributed by atoms with van der Waals surface area (Å²) < 4.78 is 0. The molecule has 1 heterocycles. The molecule has 2 nitrogen and oxygen atoms in total. The van der Waals surface area contributed by atoms with Gasteiger partial charge in [0, 0.05) is 10.4 Å². The first-order valence-corrected chi connectivity index (χ1v) is 5.45. The molecule has 76 valence electrons. The second kappa shape index (κ2) is 3.87. The van der Waals surface area contributed by atoms with Gasteiger partial charge in [0.2, 0.25) is 0 Å². The van der Waals surface area contributed by atoms with Crippen molar-refractivity contribution in [1.82, 2.24) is 0 Å². The van der Waals surface area contributed by atoms with Gasteiger partial charge in [-0.25, -0.2) is 4.79 Å². The van der Waals surface area contributed by atoms with Crippen LogP contribution in [-0.2, 0) is 0 Å². The van der Waals surface area contributed by atoms with E-state index in [2.05, 4.69) is 0 Å². The van der Waals surface area contributed by atoms with Crippen molar-refractivity contribution in [2.24, 2.45) is 0 Å². The summed E-state index contributed by atoms with van der Waals surface area (Å²) >= 11 is 1.55. The smallest absolute Gasteiger partial charge is 0.336 e. The molecule has 0 unspecified atom stereocenters. The standard InChI is InChI=1S/C12H10O2S/c1-8-4-2-5-9(11(8)12(13)14)10-6-3-7-15-10/h2-7H,1H3,(H,13,14). The lowest BCUT2D eigenvalue weighted by Crippen LogP contribution is -2.01. The van der Waals surface area contributed by atoms with Crippen molar-refractivity contribution in [3.05, 3.63) is 46.8 Å². The molecule has 0 aliphatic carbocycles. The van der Waals surface area contributed by atoms with Crippen LogP contribution >= 0.6 is 11.3 Å². The number of benzene rings is 1. The van der Waals surface area contributed by atoms with Crippen LogP contribution in [0.3, 0.4) is 0 Å². The summed E-state index contributed by atoms with van der Waals surface area (Å²) in [7, 11) is 0. The quantitative estimate of drug-likeness (QED) is 0.838. The van der Waals surface area contributed by atoms with Crippen molar-refractivity contribution in [2.45, 2.75) is 6.92 Å². The molecule has 3 heteroatoms. The van der Waals surface area contributed by atoms with E-state index in [4.69, 9.17) is 5.11 Å². The zero-order valence-corrected chi connectivity index (χ0v) is 9.04. The predicted molar refractivity (Wildman–Crippen MR) is 61.5 cm³/mol. The highest BCUT2D eigenvalue weighted by atomic mass is 32.1. The number of hydrogen-bond donors (Lipinski definition) is 1. The predicted octanol–water partition coefficient (Wildman–Crippen LogP) is 3.42. The van der Waals surface area contributed by atoms with Gasteiger partial charge in [-0.1, -0.05) is 24.3 Å². The molecular weight excluding hydrogens is 208 g/mol. The summed E-state index contributed by atoms with van der Waals surface area (Å²) in [5.74, 6) is -0.864. The highest BCUT2D eigenvalue weighted by Crippen LogP contribution is 2.29. The minimum atomic E-state index is -0.864. The lowest BCUT2D eigenvalue weighted by Gasteiger charge is -2.06. The molecule has 0 fully saturated rings. The fourth-order valence-corrected chi connectivity index (χ4v) is 2.35. The third-order valence-corrected chi connectivity index (χ3v) is 3.18. The van der Waals surface area contributed by atoms with E-state index < -0.39 is 5.97 Å². The number of carboxylic acids is 1. The van der Waals surface area contributed by atoms with Gasteiger partial charge in [-0.05, 0) is 23.9 Å². The zero-order valence-electron chi connectivity index (χ0n) is 8.23. The molecule has 1 aromatic carbocycles. The Morgan fingerprint density at radius 3 is 2.67 bits per heavy atom. The molecule has 15 heavy (non-hydrogen) atoms. The molecule has 0 aliphatic heterocycles. The summed E-state index contributed by atoms with van der Waals surface area (Å²) in [6.07, 6.45) is 0. The van der Waals surface area contributed by atoms with E-state index in [1.807, 2.05) is 42.6 Å². The number of aromatic carboxylic acids is 1. The van der Waals surface area contributed by atoms with Gasteiger partial charge in [-0.15, -0.1) is 11.3 Å². The van der Waals surface area contributed by atoms with Crippen LogP contribution in [0.4, 0.5) is 0 Å². The SMILES string of the molecule is Cc1cccc(-c2cccs2)c1C(=O)O. The maximum atomic E-state index is 11.1. The number of hydrogen-bond acceptors (Lipinski definition) is 2. The third kappa shape index (κ3) is 1.78. The van der Waals surface area contributed by atoms with Crippen LogP contribution in [0.2, 0.25) is 0 Å². The Kier molecular flexibility index (Phi) is 2.56. The molecule has 0 bridgehead atoms. The van der Waals surface area contributed by atoms with Gasteiger partial charge in [0.25, 0.3) is 0 Å². The van der Waals surface area contributed by atoms with Crippen molar-refractivity contribution in [1.29, 1.82) is 0 Å². The van der Waals surface area contributed by atoms with E-state index in [9.17, 15) is 4.79 Å². The van der Waals surface area contributed by atoms with Crippen LogP contribution in [0.15, 0.2) is 35.7 Å². The van der Waals surface area contributed by atoms with Crippen LogP contribution in [-0.4, -0.2) is 11.1 Å². The number of carboxylic acid groups (broad SMARTS) is 1. The van der Waals surface area contributed by atoms with Gasteiger partial charge in [0.05, 0.1) is 5.56 Å². The summed E-state index contributed by atoms with van der Waals surface area (Å²) in [4.78, 5) is 12.1. The Morgan fingerprint density at radius 1 is 1.27 bits per heavy atom. The summed E-state index contributed by atoms with van der Waals surface area (Å²) in [6.45, 7) is 1.82. The van der Waals surface area contributed by atoms with Crippen molar-refractivity contribution in [3.8, 4) is 10.4 Å². The van der Waals surface area contributed by atoms with Gasteiger partial charge in [0.15, 0.2) is 0 Å². The van der Waals surface area contributed by atoms with Gasteiger partial charge >= 0.3 is 5.97 Å². The first-order valence-electron chi connectivity index (χ1n) is 4.57. The molecule has 0 saturated carbocycles. The average molecular weight is 218 g/mol. The zero-order chi connectivity index (χ0) is 10.8. The lowest BCUT2D eigenvalue weighted by atomic mass is 10.0. The minimum Gasteiger partial charge on any atom is -0.478 e. The molecule has 2 rings (SSSR count). The van der Waals surface area contributed by atoms with Crippen molar-refractivity contribution in [3.63, 3.8) is 0 Å². The molecule has 0 saturated heterocycles. The third-order valence-electron chi connectivity index (χ3n) is 2.27. The molecular formula is C12H10O2S. The first kappa shape index (κ1) is 9.93. The summed E-state index contributed by atoms with van der Waals surface area (Å²) in [6, 6.07) is 9.42. The topological polar surface area (TPSA) is 37.3 Å². The maximum Gasteiger partial charge on any atom is 0.336 e. The minimum absolute atomic E-state index is 0.403. The summed E-state index contributed by atoms with van der Waals surface area (Å²) in [5.41, 5.74) is 2.01. The van der Waals surface area contributed by atoms with E-state index in [1.165, 1.54) is 0 Å². The number of rotatable bonds is 2. The Labute approximate surface area is 91.8 Å². The van der Waals surface area contributed by atoms with Crippen molar-refractivity contribution < 1.29 is 9.90 Å². The van der Waals surface area contributed by atoms with Crippen molar-refractivity contribution in [2.75, 3.05) is 0 Å². The largest absolute Gasteiger partial charge is 0.478 e. The van der Waals surface area contributed by atoms with E-state index in [1.54, 1.807) is 11.3 Å². The number of thiophene rings is 1. The van der Waals surface area contributed by atoms with Crippen LogP contribution in [0.25, 0.3) is 10.4 Å². The van der Waals surface area contributed by atoms with Crippen molar-refractivity contribution >= 4 is 17.3 Å². The summed E-state index contributed by atoms with van der Waals surface area (Å²) in [5, 5.41) is 11.1. The first-order chi connectivity index (χ1) is 7.20. The molecule has 0 spiro atoms. The number of aryl methyl sites for hydroxylation is 1. The molecule has 0 radical (unpaired) electrons. The fourth-order valence-electron chi connectivity index (χ4n) is 1.59. The molecule has 0 atom stereocenters. The van der Waals surface area contributed by atoms with E-state index in [0.717, 1.165) is 16.0 Å². The lowest BCUT2D eigenvalue weighted by molar-refractivity contribution is 0.0697. The Balaban J connectivity index is 2.66. The molecule has 1 N–H and O–H groups in total. The second-order valence-corrected chi connectivity index (χ2v) is 4.23. The van der Waals surface area contributed by atoms with Gasteiger partial charge in [-0.3, -0.25) is 0 Å². The van der Waals surface area contributed by atoms with Crippen LogP contribution in [0.5, 0.6) is 0 Å². The molecule has 1 aromatic heterocycles. The van der Waals surface area contributed by atoms with Gasteiger partial charge in [-0.2, -0.15) is 0 Å². The van der Waals surface area contributed by atoms with E-state index in [0.29, 0.717) is 5.56 Å². The van der Waals surface area contributed by atoms with Crippen LogP contribution < -0.4 is 0 Å². The monoisotopic (exact) mass is 218 g/mol. The highest BCUT2D eigenvalue weighted by Gasteiger charge is 2.14. The fraction of sp³-hybridized carbons (Fsp3) is 0.0833. The van der Waals surface area contributed by atoms with Crippen LogP contribution in [0.1, 0.15) is 15.9 Å². The van der Waals surface area contributed by atoms with Crippen LogP contribution in [0, 0.1) is 6.92 Å². The van der Waals surface area contributed by atoms with Gasteiger partial charge < -0.3 is 5.11 Å². The van der Waals surface area contributed by atoms with E-state index in [-0.39, 0.29) is 0 Å². The van der Waals surface area contributed by atoms with Gasteiger partial charge in [0.1, 0.15) is 0 Å². The molecule has 0 aliphatic rings. The van der Waals surface area contributed by atoms with E-state index >= 15 is 0 Å². The Hall–Kier alpha value is -1.61. The Bertz CT molecular complexity index is 486. The number of carbonyl (C=O) groups is 1. The second-order valence-electron chi connectivity index (χ2n) is 3.28.